The zero-order valence-electron chi connectivity index (χ0n) is 9.93. The minimum absolute atomic E-state index is 0.470. The van der Waals surface area contributed by atoms with Gasteiger partial charge in [0.1, 0.15) is 13.3 Å². The van der Waals surface area contributed by atoms with Crippen LogP contribution in [0, 0.1) is 11.3 Å². The van der Waals surface area contributed by atoms with Crippen molar-refractivity contribution in [2.75, 3.05) is 0 Å². The molecule has 0 aliphatic heterocycles. The number of fused-ring (bicyclic) bond motifs is 1. The second-order valence-electron chi connectivity index (χ2n) is 4.76. The van der Waals surface area contributed by atoms with Crippen LogP contribution in [0.25, 0.3) is 0 Å². The van der Waals surface area contributed by atoms with Gasteiger partial charge in [-0.05, 0) is 35.6 Å². The summed E-state index contributed by atoms with van der Waals surface area (Å²) in [4.78, 5) is 4.34. The quantitative estimate of drug-likeness (QED) is 0.695. The lowest BCUT2D eigenvalue weighted by molar-refractivity contribution is 0.569. The molecule has 0 spiro atoms. The Hall–Kier alpha value is -2.08. The molecule has 3 heteroatoms. The molecular formula is C15H11BN2. The summed E-state index contributed by atoms with van der Waals surface area (Å²) in [5.74, 6) is 0. The molecule has 84 valence electrons. The van der Waals surface area contributed by atoms with E-state index in [9.17, 15) is 5.26 Å². The molecule has 2 nitrogen and oxygen atoms in total. The molecule has 2 radical (unpaired) electrons. The van der Waals surface area contributed by atoms with Crippen LogP contribution in [0.2, 0.25) is 0 Å². The van der Waals surface area contributed by atoms with Gasteiger partial charge in [-0.15, -0.1) is 0 Å². The zero-order valence-corrected chi connectivity index (χ0v) is 9.93. The van der Waals surface area contributed by atoms with Crippen LogP contribution < -0.4 is 5.59 Å². The van der Waals surface area contributed by atoms with Crippen LogP contribution in [0.4, 0.5) is 0 Å². The number of hydrogen-bond donors (Lipinski definition) is 0. The monoisotopic (exact) mass is 230 g/mol. The largest absolute Gasteiger partial charge is 0.268 e. The second-order valence-corrected chi connectivity index (χ2v) is 4.76. The SMILES string of the molecule is [B]c1cccc(C2(C#N)Cc3ccccc3C2)n1. The molecule has 0 saturated carbocycles. The number of hydrogen-bond acceptors (Lipinski definition) is 2. The molecular weight excluding hydrogens is 219 g/mol. The number of benzene rings is 1. The number of rotatable bonds is 1. The van der Waals surface area contributed by atoms with Gasteiger partial charge in [-0.2, -0.15) is 5.26 Å². The predicted molar refractivity (Wildman–Crippen MR) is 70.8 cm³/mol. The van der Waals surface area contributed by atoms with Gasteiger partial charge in [0.2, 0.25) is 0 Å². The van der Waals surface area contributed by atoms with E-state index >= 15 is 0 Å². The van der Waals surface area contributed by atoms with E-state index in [2.05, 4.69) is 23.2 Å². The van der Waals surface area contributed by atoms with Crippen LogP contribution in [0.15, 0.2) is 42.5 Å². The Labute approximate surface area is 108 Å². The number of pyridine rings is 1. The lowest BCUT2D eigenvalue weighted by Crippen LogP contribution is -2.28. The first kappa shape index (κ1) is 11.0. The molecule has 0 saturated heterocycles. The van der Waals surface area contributed by atoms with Crippen LogP contribution >= 0.6 is 0 Å². The average molecular weight is 230 g/mol. The minimum atomic E-state index is -0.556. The molecule has 1 aromatic heterocycles. The number of nitriles is 1. The Morgan fingerprint density at radius 1 is 1.06 bits per heavy atom. The summed E-state index contributed by atoms with van der Waals surface area (Å²) in [6.07, 6.45) is 1.44. The van der Waals surface area contributed by atoms with E-state index in [1.54, 1.807) is 6.07 Å². The lowest BCUT2D eigenvalue weighted by atomic mass is 9.82. The van der Waals surface area contributed by atoms with E-state index in [4.69, 9.17) is 7.85 Å². The second kappa shape index (κ2) is 3.99. The molecule has 0 bridgehead atoms. The summed E-state index contributed by atoms with van der Waals surface area (Å²) in [5.41, 5.74) is 3.17. The molecule has 0 unspecified atom stereocenters. The molecule has 18 heavy (non-hydrogen) atoms. The predicted octanol–water partition coefficient (Wildman–Crippen LogP) is 1.44. The van der Waals surface area contributed by atoms with E-state index in [1.807, 2.05) is 24.3 Å². The summed E-state index contributed by atoms with van der Waals surface area (Å²) >= 11 is 0. The maximum absolute atomic E-state index is 9.60. The van der Waals surface area contributed by atoms with E-state index in [0.717, 1.165) is 18.5 Å². The molecule has 1 aromatic carbocycles. The van der Waals surface area contributed by atoms with Crippen LogP contribution in [0.1, 0.15) is 16.8 Å². The van der Waals surface area contributed by atoms with Crippen molar-refractivity contribution in [2.24, 2.45) is 0 Å². The van der Waals surface area contributed by atoms with Gasteiger partial charge in [0.25, 0.3) is 0 Å². The topological polar surface area (TPSA) is 36.7 Å². The lowest BCUT2D eigenvalue weighted by Gasteiger charge is -2.20. The van der Waals surface area contributed by atoms with Gasteiger partial charge in [0.05, 0.1) is 11.8 Å². The van der Waals surface area contributed by atoms with Crippen molar-refractivity contribution in [3.8, 4) is 6.07 Å². The maximum atomic E-state index is 9.60. The summed E-state index contributed by atoms with van der Waals surface area (Å²) in [6.45, 7) is 0. The molecule has 0 atom stereocenters. The van der Waals surface area contributed by atoms with E-state index in [0.29, 0.717) is 5.59 Å². The Kier molecular flexibility index (Phi) is 2.45. The summed E-state index contributed by atoms with van der Waals surface area (Å²) in [5, 5.41) is 9.60. The highest BCUT2D eigenvalue weighted by Crippen LogP contribution is 2.38. The highest BCUT2D eigenvalue weighted by atomic mass is 14.7. The van der Waals surface area contributed by atoms with E-state index in [-0.39, 0.29) is 0 Å². The first-order chi connectivity index (χ1) is 8.73. The van der Waals surface area contributed by atoms with Gasteiger partial charge >= 0.3 is 0 Å². The van der Waals surface area contributed by atoms with Gasteiger partial charge < -0.3 is 0 Å². The molecule has 1 aliphatic rings. The Morgan fingerprint density at radius 2 is 1.72 bits per heavy atom. The minimum Gasteiger partial charge on any atom is -0.268 e. The number of aromatic nitrogens is 1. The van der Waals surface area contributed by atoms with Crippen LogP contribution in [0.5, 0.6) is 0 Å². The van der Waals surface area contributed by atoms with E-state index < -0.39 is 5.41 Å². The van der Waals surface area contributed by atoms with Crippen molar-refractivity contribution in [2.45, 2.75) is 18.3 Å². The third kappa shape index (κ3) is 1.62. The molecule has 0 fully saturated rings. The summed E-state index contributed by atoms with van der Waals surface area (Å²) < 4.78 is 0. The fraction of sp³-hybridized carbons (Fsp3) is 0.200. The van der Waals surface area contributed by atoms with Crippen LogP contribution in [-0.4, -0.2) is 12.8 Å². The Balaban J connectivity index is 2.08. The third-order valence-electron chi connectivity index (χ3n) is 3.58. The fourth-order valence-corrected chi connectivity index (χ4v) is 2.65. The normalized spacial score (nSPS) is 15.9. The van der Waals surface area contributed by atoms with Gasteiger partial charge in [0, 0.05) is 0 Å². The van der Waals surface area contributed by atoms with Gasteiger partial charge in [-0.1, -0.05) is 36.4 Å². The van der Waals surface area contributed by atoms with Gasteiger partial charge in [-0.25, -0.2) is 0 Å². The maximum Gasteiger partial charge on any atom is 0.141 e. The van der Waals surface area contributed by atoms with Gasteiger partial charge in [0.15, 0.2) is 0 Å². The van der Waals surface area contributed by atoms with Crippen molar-refractivity contribution in [3.05, 3.63) is 59.3 Å². The molecule has 2 aromatic rings. The van der Waals surface area contributed by atoms with Crippen molar-refractivity contribution in [1.29, 1.82) is 5.26 Å². The van der Waals surface area contributed by atoms with Gasteiger partial charge in [-0.3, -0.25) is 4.98 Å². The smallest absolute Gasteiger partial charge is 0.141 e. The molecule has 1 heterocycles. The van der Waals surface area contributed by atoms with Crippen molar-refractivity contribution < 1.29 is 0 Å². The highest BCUT2D eigenvalue weighted by Gasteiger charge is 2.40. The van der Waals surface area contributed by atoms with Crippen molar-refractivity contribution in [1.82, 2.24) is 4.98 Å². The molecule has 0 N–H and O–H groups in total. The third-order valence-corrected chi connectivity index (χ3v) is 3.58. The Bertz CT molecular complexity index is 618. The first-order valence-corrected chi connectivity index (χ1v) is 5.95. The zero-order chi connectivity index (χ0) is 12.6. The van der Waals surface area contributed by atoms with E-state index in [1.165, 1.54) is 11.1 Å². The molecule has 0 amide bonds. The summed E-state index contributed by atoms with van der Waals surface area (Å²) in [7, 11) is 5.72. The Morgan fingerprint density at radius 3 is 2.28 bits per heavy atom. The first-order valence-electron chi connectivity index (χ1n) is 5.95. The molecule has 1 aliphatic carbocycles. The highest BCUT2D eigenvalue weighted by molar-refractivity contribution is 6.30. The van der Waals surface area contributed by atoms with Crippen LogP contribution in [-0.2, 0) is 18.3 Å². The standard InChI is InChI=1S/C15H11BN2/c16-14-7-3-6-13(18-14)15(10-17)8-11-4-1-2-5-12(11)9-15/h1-7H,8-9H2. The molecule has 3 rings (SSSR count). The van der Waals surface area contributed by atoms with Crippen molar-refractivity contribution in [3.63, 3.8) is 0 Å². The summed E-state index contributed by atoms with van der Waals surface area (Å²) in [6, 6.07) is 16.1. The number of nitrogens with zero attached hydrogens (tertiary/aromatic N) is 2. The van der Waals surface area contributed by atoms with Crippen LogP contribution in [0.3, 0.4) is 0 Å². The fourth-order valence-electron chi connectivity index (χ4n) is 2.65. The average Bonchev–Trinajstić information content (AvgIpc) is 2.78. The van der Waals surface area contributed by atoms with Crippen molar-refractivity contribution >= 4 is 13.4 Å².